The lowest BCUT2D eigenvalue weighted by Gasteiger charge is -2.33. The fourth-order valence-electron chi connectivity index (χ4n) is 2.81. The molecule has 0 unspecified atom stereocenters. The van der Waals surface area contributed by atoms with Gasteiger partial charge in [0.15, 0.2) is 0 Å². The number of carbonyl (C=O) groups excluding carboxylic acids is 1. The summed E-state index contributed by atoms with van der Waals surface area (Å²) in [4.78, 5) is 14.2. The van der Waals surface area contributed by atoms with Gasteiger partial charge in [0.1, 0.15) is 4.21 Å². The van der Waals surface area contributed by atoms with E-state index in [0.29, 0.717) is 54.2 Å². The Labute approximate surface area is 172 Å². The van der Waals surface area contributed by atoms with Crippen LogP contribution in [0.2, 0.25) is 9.36 Å². The maximum Gasteiger partial charge on any atom is 0.252 e. The summed E-state index contributed by atoms with van der Waals surface area (Å²) in [5.41, 5.74) is 0.665. The second-order valence-electron chi connectivity index (χ2n) is 6.11. The maximum absolute atomic E-state index is 12.6. The highest BCUT2D eigenvalue weighted by molar-refractivity contribution is 7.91. The molecule has 146 valence electrons. The van der Waals surface area contributed by atoms with Gasteiger partial charge >= 0.3 is 0 Å². The van der Waals surface area contributed by atoms with Crippen molar-refractivity contribution in [2.24, 2.45) is 0 Å². The molecule has 0 atom stereocenters. The number of nitrogens with one attached hydrogen (secondary N) is 1. The average Bonchev–Trinajstić information content (AvgIpc) is 3.08. The van der Waals surface area contributed by atoms with Gasteiger partial charge in [-0.15, -0.1) is 11.3 Å². The topological polar surface area (TPSA) is 69.7 Å². The highest BCUT2D eigenvalue weighted by atomic mass is 35.5. The molecule has 0 aliphatic carbocycles. The standard InChI is InChI=1S/C17H19Cl2N3O3S2/c18-13-2-1-3-14(12-13)20-16(23)6-7-21-8-10-22(11-9-21)27(24,25)17-5-4-15(19)26-17/h1-5,12H,6-11H2,(H,20,23). The van der Waals surface area contributed by atoms with Crippen LogP contribution < -0.4 is 5.32 Å². The lowest BCUT2D eigenvalue weighted by Crippen LogP contribution is -2.48. The van der Waals surface area contributed by atoms with Crippen molar-refractivity contribution in [2.75, 3.05) is 38.0 Å². The van der Waals surface area contributed by atoms with Gasteiger partial charge in [-0.25, -0.2) is 8.42 Å². The number of piperazine rings is 1. The van der Waals surface area contributed by atoms with Gasteiger partial charge in [0.05, 0.1) is 4.34 Å². The molecule has 0 saturated carbocycles. The van der Waals surface area contributed by atoms with Crippen LogP contribution in [-0.2, 0) is 14.8 Å². The Kier molecular flexibility index (Phi) is 6.78. The zero-order valence-electron chi connectivity index (χ0n) is 14.4. The number of hydrogen-bond acceptors (Lipinski definition) is 5. The molecule has 1 saturated heterocycles. The molecule has 1 aliphatic heterocycles. The predicted molar refractivity (Wildman–Crippen MR) is 109 cm³/mol. The molecular weight excluding hydrogens is 429 g/mol. The van der Waals surface area contributed by atoms with E-state index < -0.39 is 10.0 Å². The molecule has 10 heteroatoms. The van der Waals surface area contributed by atoms with Gasteiger partial charge < -0.3 is 10.2 Å². The van der Waals surface area contributed by atoms with E-state index >= 15 is 0 Å². The first-order chi connectivity index (χ1) is 12.8. The van der Waals surface area contributed by atoms with Crippen LogP contribution in [-0.4, -0.2) is 56.3 Å². The van der Waals surface area contributed by atoms with Crippen molar-refractivity contribution in [3.63, 3.8) is 0 Å². The van der Waals surface area contributed by atoms with Crippen molar-refractivity contribution in [3.8, 4) is 0 Å². The lowest BCUT2D eigenvalue weighted by molar-refractivity contribution is -0.116. The van der Waals surface area contributed by atoms with Crippen molar-refractivity contribution in [3.05, 3.63) is 45.8 Å². The number of halogens is 2. The maximum atomic E-state index is 12.6. The summed E-state index contributed by atoms with van der Waals surface area (Å²) >= 11 is 12.8. The molecule has 1 N–H and O–H groups in total. The Balaban J connectivity index is 1.46. The summed E-state index contributed by atoms with van der Waals surface area (Å²) in [7, 11) is -3.49. The molecular formula is C17H19Cl2N3O3S2. The minimum atomic E-state index is -3.49. The van der Waals surface area contributed by atoms with Gasteiger partial charge in [-0.1, -0.05) is 29.3 Å². The zero-order valence-corrected chi connectivity index (χ0v) is 17.5. The Morgan fingerprint density at radius 1 is 1.11 bits per heavy atom. The van der Waals surface area contributed by atoms with Crippen LogP contribution in [0.3, 0.4) is 0 Å². The number of rotatable bonds is 6. The molecule has 27 heavy (non-hydrogen) atoms. The Morgan fingerprint density at radius 2 is 1.85 bits per heavy atom. The molecule has 0 spiro atoms. The van der Waals surface area contributed by atoms with Crippen LogP contribution >= 0.6 is 34.5 Å². The van der Waals surface area contributed by atoms with Crippen LogP contribution in [0.4, 0.5) is 5.69 Å². The number of hydrogen-bond donors (Lipinski definition) is 1. The van der Waals surface area contributed by atoms with Crippen molar-refractivity contribution < 1.29 is 13.2 Å². The van der Waals surface area contributed by atoms with Crippen molar-refractivity contribution in [1.29, 1.82) is 0 Å². The third kappa shape index (κ3) is 5.43. The van der Waals surface area contributed by atoms with Crippen molar-refractivity contribution >= 4 is 56.2 Å². The number of amides is 1. The number of carbonyl (C=O) groups is 1. The monoisotopic (exact) mass is 447 g/mol. The van der Waals surface area contributed by atoms with E-state index in [1.807, 2.05) is 0 Å². The Bertz CT molecular complexity index is 910. The second kappa shape index (κ2) is 8.89. The molecule has 0 radical (unpaired) electrons. The van der Waals surface area contributed by atoms with Gasteiger partial charge in [0.25, 0.3) is 10.0 Å². The van der Waals surface area contributed by atoms with Gasteiger partial charge in [-0.05, 0) is 30.3 Å². The van der Waals surface area contributed by atoms with Crippen LogP contribution in [0.5, 0.6) is 0 Å². The molecule has 6 nitrogen and oxygen atoms in total. The van der Waals surface area contributed by atoms with Gasteiger partial charge in [-0.3, -0.25) is 4.79 Å². The number of sulfonamides is 1. The molecule has 0 bridgehead atoms. The number of thiophene rings is 1. The molecule has 1 fully saturated rings. The zero-order chi connectivity index (χ0) is 19.4. The normalized spacial score (nSPS) is 16.4. The largest absolute Gasteiger partial charge is 0.326 e. The molecule has 2 heterocycles. The van der Waals surface area contributed by atoms with Gasteiger partial charge in [0, 0.05) is 49.9 Å². The first-order valence-corrected chi connectivity index (χ1v) is 11.4. The summed E-state index contributed by atoms with van der Waals surface area (Å²) in [5.74, 6) is -0.0967. The molecule has 1 aromatic carbocycles. The Morgan fingerprint density at radius 3 is 2.48 bits per heavy atom. The SMILES string of the molecule is O=C(CCN1CCN(S(=O)(=O)c2ccc(Cl)s2)CC1)Nc1cccc(Cl)c1. The van der Waals surface area contributed by atoms with Crippen LogP contribution in [0, 0.1) is 0 Å². The summed E-state index contributed by atoms with van der Waals surface area (Å²) in [6, 6.07) is 10.1. The van der Waals surface area contributed by atoms with E-state index in [9.17, 15) is 13.2 Å². The second-order valence-corrected chi connectivity index (χ2v) is 10.4. The molecule has 1 aliphatic rings. The van der Waals surface area contributed by atoms with E-state index in [-0.39, 0.29) is 10.1 Å². The number of nitrogens with zero attached hydrogens (tertiary/aromatic N) is 2. The molecule has 1 amide bonds. The van der Waals surface area contributed by atoms with E-state index in [1.54, 1.807) is 30.3 Å². The van der Waals surface area contributed by atoms with Gasteiger partial charge in [-0.2, -0.15) is 4.31 Å². The fraction of sp³-hybridized carbons (Fsp3) is 0.353. The molecule has 3 rings (SSSR count). The number of anilines is 1. The predicted octanol–water partition coefficient (Wildman–Crippen LogP) is 3.39. The summed E-state index contributed by atoms with van der Waals surface area (Å²) in [6.07, 6.45) is 0.333. The smallest absolute Gasteiger partial charge is 0.252 e. The molecule has 1 aromatic heterocycles. The minimum absolute atomic E-state index is 0.0967. The summed E-state index contributed by atoms with van der Waals surface area (Å²) in [6.45, 7) is 2.54. The first-order valence-electron chi connectivity index (χ1n) is 8.38. The average molecular weight is 448 g/mol. The molecule has 2 aromatic rings. The van der Waals surface area contributed by atoms with Crippen LogP contribution in [0.1, 0.15) is 6.42 Å². The van der Waals surface area contributed by atoms with E-state index in [1.165, 1.54) is 10.4 Å². The summed E-state index contributed by atoms with van der Waals surface area (Å²) < 4.78 is 27.4. The minimum Gasteiger partial charge on any atom is -0.326 e. The van der Waals surface area contributed by atoms with Gasteiger partial charge in [0.2, 0.25) is 5.91 Å². The highest BCUT2D eigenvalue weighted by Gasteiger charge is 2.29. The quantitative estimate of drug-likeness (QED) is 0.736. The van der Waals surface area contributed by atoms with E-state index in [0.717, 1.165) is 11.3 Å². The van der Waals surface area contributed by atoms with Crippen LogP contribution in [0.15, 0.2) is 40.6 Å². The fourth-order valence-corrected chi connectivity index (χ4v) is 6.06. The van der Waals surface area contributed by atoms with Crippen molar-refractivity contribution in [2.45, 2.75) is 10.6 Å². The Hall–Kier alpha value is -1.16. The summed E-state index contributed by atoms with van der Waals surface area (Å²) in [5, 5.41) is 3.38. The third-order valence-corrected chi connectivity index (χ3v) is 8.07. The highest BCUT2D eigenvalue weighted by Crippen LogP contribution is 2.28. The first kappa shape index (κ1) is 20.6. The van der Waals surface area contributed by atoms with Crippen LogP contribution in [0.25, 0.3) is 0 Å². The van der Waals surface area contributed by atoms with Crippen molar-refractivity contribution in [1.82, 2.24) is 9.21 Å². The lowest BCUT2D eigenvalue weighted by atomic mass is 10.3. The number of benzene rings is 1. The third-order valence-electron chi connectivity index (χ3n) is 4.24. The van der Waals surface area contributed by atoms with E-state index in [4.69, 9.17) is 23.2 Å². The van der Waals surface area contributed by atoms with E-state index in [2.05, 4.69) is 10.2 Å².